The molecule has 0 aromatic rings. The predicted molar refractivity (Wildman–Crippen MR) is 53.9 cm³/mol. The molecule has 3 unspecified atom stereocenters. The SMILES string of the molecule is CC(N)CC1CCC(C(C)C)C1. The van der Waals surface area contributed by atoms with Gasteiger partial charge in [-0.05, 0) is 43.9 Å². The third-order valence-corrected chi connectivity index (χ3v) is 3.23. The summed E-state index contributed by atoms with van der Waals surface area (Å²) in [4.78, 5) is 0. The quantitative estimate of drug-likeness (QED) is 0.690. The van der Waals surface area contributed by atoms with Crippen LogP contribution in [0.25, 0.3) is 0 Å². The van der Waals surface area contributed by atoms with E-state index in [4.69, 9.17) is 5.73 Å². The molecule has 1 heteroatoms. The van der Waals surface area contributed by atoms with Crippen LogP contribution in [0.4, 0.5) is 0 Å². The fourth-order valence-electron chi connectivity index (χ4n) is 2.46. The van der Waals surface area contributed by atoms with Crippen LogP contribution in [-0.2, 0) is 0 Å². The lowest BCUT2D eigenvalue weighted by Gasteiger charge is -2.15. The van der Waals surface area contributed by atoms with Crippen LogP contribution in [-0.4, -0.2) is 6.04 Å². The molecule has 2 N–H and O–H groups in total. The van der Waals surface area contributed by atoms with E-state index in [9.17, 15) is 0 Å². The van der Waals surface area contributed by atoms with Crippen molar-refractivity contribution in [2.75, 3.05) is 0 Å². The molecule has 0 aromatic carbocycles. The molecule has 0 saturated heterocycles. The zero-order valence-corrected chi connectivity index (χ0v) is 8.72. The van der Waals surface area contributed by atoms with Gasteiger partial charge in [0.1, 0.15) is 0 Å². The Morgan fingerprint density at radius 2 is 1.92 bits per heavy atom. The average Bonchev–Trinajstić information content (AvgIpc) is 2.34. The van der Waals surface area contributed by atoms with Crippen molar-refractivity contribution in [1.29, 1.82) is 0 Å². The minimum absolute atomic E-state index is 0.404. The zero-order valence-electron chi connectivity index (χ0n) is 8.72. The summed E-state index contributed by atoms with van der Waals surface area (Å²) in [7, 11) is 0. The maximum absolute atomic E-state index is 5.79. The second kappa shape index (κ2) is 4.27. The molecule has 3 atom stereocenters. The van der Waals surface area contributed by atoms with Gasteiger partial charge in [0.2, 0.25) is 0 Å². The van der Waals surface area contributed by atoms with Gasteiger partial charge in [-0.3, -0.25) is 0 Å². The molecule has 0 bridgehead atoms. The Hall–Kier alpha value is -0.0400. The van der Waals surface area contributed by atoms with Crippen LogP contribution >= 0.6 is 0 Å². The van der Waals surface area contributed by atoms with Gasteiger partial charge in [0.05, 0.1) is 0 Å². The topological polar surface area (TPSA) is 26.0 Å². The van der Waals surface area contributed by atoms with E-state index in [1.807, 2.05) is 0 Å². The first kappa shape index (κ1) is 10.0. The van der Waals surface area contributed by atoms with Gasteiger partial charge in [0.25, 0.3) is 0 Å². The highest BCUT2D eigenvalue weighted by Gasteiger charge is 2.26. The van der Waals surface area contributed by atoms with Crippen molar-refractivity contribution in [3.63, 3.8) is 0 Å². The molecule has 12 heavy (non-hydrogen) atoms. The van der Waals surface area contributed by atoms with E-state index in [1.165, 1.54) is 25.7 Å². The normalized spacial score (nSPS) is 32.8. The van der Waals surface area contributed by atoms with Crippen LogP contribution in [0.3, 0.4) is 0 Å². The lowest BCUT2D eigenvalue weighted by Crippen LogP contribution is -2.18. The van der Waals surface area contributed by atoms with Crippen molar-refractivity contribution >= 4 is 0 Å². The van der Waals surface area contributed by atoms with Crippen LogP contribution in [0.5, 0.6) is 0 Å². The number of hydrogen-bond donors (Lipinski definition) is 1. The average molecular weight is 169 g/mol. The summed E-state index contributed by atoms with van der Waals surface area (Å²) in [5.41, 5.74) is 5.79. The second-order valence-corrected chi connectivity index (χ2v) is 4.90. The Labute approximate surface area is 76.7 Å². The van der Waals surface area contributed by atoms with E-state index in [2.05, 4.69) is 20.8 Å². The van der Waals surface area contributed by atoms with Crippen molar-refractivity contribution in [2.24, 2.45) is 23.5 Å². The Balaban J connectivity index is 2.26. The fourth-order valence-corrected chi connectivity index (χ4v) is 2.46. The lowest BCUT2D eigenvalue weighted by atomic mass is 9.92. The lowest BCUT2D eigenvalue weighted by molar-refractivity contribution is 0.366. The molecule has 0 amide bonds. The molecule has 0 radical (unpaired) electrons. The fraction of sp³-hybridized carbons (Fsp3) is 1.00. The molecule has 0 spiro atoms. The highest BCUT2D eigenvalue weighted by Crippen LogP contribution is 2.37. The van der Waals surface area contributed by atoms with Crippen LogP contribution in [0, 0.1) is 17.8 Å². The molecule has 0 aromatic heterocycles. The van der Waals surface area contributed by atoms with Crippen LogP contribution in [0.1, 0.15) is 46.5 Å². The first-order chi connectivity index (χ1) is 5.59. The summed E-state index contributed by atoms with van der Waals surface area (Å²) in [6, 6.07) is 0.404. The summed E-state index contributed by atoms with van der Waals surface area (Å²) in [6.07, 6.45) is 5.53. The number of hydrogen-bond acceptors (Lipinski definition) is 1. The Morgan fingerprint density at radius 3 is 2.33 bits per heavy atom. The van der Waals surface area contributed by atoms with Gasteiger partial charge in [-0.2, -0.15) is 0 Å². The van der Waals surface area contributed by atoms with Crippen LogP contribution < -0.4 is 5.73 Å². The molecule has 0 heterocycles. The molecule has 1 rings (SSSR count). The third-order valence-electron chi connectivity index (χ3n) is 3.23. The summed E-state index contributed by atoms with van der Waals surface area (Å²) >= 11 is 0. The summed E-state index contributed by atoms with van der Waals surface area (Å²) in [5, 5.41) is 0. The maximum Gasteiger partial charge on any atom is 0.00131 e. The van der Waals surface area contributed by atoms with Gasteiger partial charge >= 0.3 is 0 Å². The molecule has 1 nitrogen and oxygen atoms in total. The summed E-state index contributed by atoms with van der Waals surface area (Å²) in [6.45, 7) is 6.82. The van der Waals surface area contributed by atoms with E-state index < -0.39 is 0 Å². The smallest absolute Gasteiger partial charge is 0.00131 e. The van der Waals surface area contributed by atoms with Crippen LogP contribution in [0.15, 0.2) is 0 Å². The molecule has 72 valence electrons. The molecule has 1 fully saturated rings. The first-order valence-corrected chi connectivity index (χ1v) is 5.35. The Kier molecular flexibility index (Phi) is 3.57. The van der Waals surface area contributed by atoms with Crippen molar-refractivity contribution < 1.29 is 0 Å². The van der Waals surface area contributed by atoms with Crippen LogP contribution in [0.2, 0.25) is 0 Å². The van der Waals surface area contributed by atoms with Crippen molar-refractivity contribution in [1.82, 2.24) is 0 Å². The standard InChI is InChI=1S/C11H23N/c1-8(2)11-5-4-10(7-11)6-9(3)12/h8-11H,4-7,12H2,1-3H3. The molecule has 1 aliphatic rings. The zero-order chi connectivity index (χ0) is 9.14. The molecule has 1 saturated carbocycles. The van der Waals surface area contributed by atoms with Gasteiger partial charge < -0.3 is 5.73 Å². The maximum atomic E-state index is 5.79. The molecule has 1 aliphatic carbocycles. The second-order valence-electron chi connectivity index (χ2n) is 4.90. The molecular formula is C11H23N. The monoisotopic (exact) mass is 169 g/mol. The highest BCUT2D eigenvalue weighted by atomic mass is 14.6. The van der Waals surface area contributed by atoms with E-state index >= 15 is 0 Å². The minimum Gasteiger partial charge on any atom is -0.328 e. The largest absolute Gasteiger partial charge is 0.328 e. The molecular weight excluding hydrogens is 146 g/mol. The number of nitrogens with two attached hydrogens (primary N) is 1. The summed E-state index contributed by atoms with van der Waals surface area (Å²) < 4.78 is 0. The predicted octanol–water partition coefficient (Wildman–Crippen LogP) is 2.80. The Morgan fingerprint density at radius 1 is 1.25 bits per heavy atom. The highest BCUT2D eigenvalue weighted by molar-refractivity contribution is 4.79. The number of rotatable bonds is 3. The first-order valence-electron chi connectivity index (χ1n) is 5.35. The van der Waals surface area contributed by atoms with E-state index in [0.29, 0.717) is 6.04 Å². The summed E-state index contributed by atoms with van der Waals surface area (Å²) in [5.74, 6) is 2.79. The Bertz CT molecular complexity index is 129. The minimum atomic E-state index is 0.404. The van der Waals surface area contributed by atoms with Gasteiger partial charge in [0, 0.05) is 6.04 Å². The van der Waals surface area contributed by atoms with Gasteiger partial charge in [-0.25, -0.2) is 0 Å². The van der Waals surface area contributed by atoms with E-state index in [1.54, 1.807) is 0 Å². The van der Waals surface area contributed by atoms with E-state index in [0.717, 1.165) is 17.8 Å². The molecule has 0 aliphatic heterocycles. The van der Waals surface area contributed by atoms with Gasteiger partial charge in [0.15, 0.2) is 0 Å². The van der Waals surface area contributed by atoms with Crippen molar-refractivity contribution in [2.45, 2.75) is 52.5 Å². The van der Waals surface area contributed by atoms with Gasteiger partial charge in [-0.1, -0.05) is 20.3 Å². The van der Waals surface area contributed by atoms with E-state index in [-0.39, 0.29) is 0 Å². The van der Waals surface area contributed by atoms with Crippen molar-refractivity contribution in [3.05, 3.63) is 0 Å². The third kappa shape index (κ3) is 2.78. The van der Waals surface area contributed by atoms with Gasteiger partial charge in [-0.15, -0.1) is 0 Å². The van der Waals surface area contributed by atoms with Crippen molar-refractivity contribution in [3.8, 4) is 0 Å².